The van der Waals surface area contributed by atoms with Crippen molar-refractivity contribution in [2.24, 2.45) is 0 Å². The number of benzene rings is 1. The van der Waals surface area contributed by atoms with Crippen molar-refractivity contribution in [2.75, 3.05) is 33.0 Å². The van der Waals surface area contributed by atoms with E-state index in [0.29, 0.717) is 32.3 Å². The fraction of sp³-hybridized carbons (Fsp3) is 0.500. The van der Waals surface area contributed by atoms with Crippen LogP contribution in [0.4, 0.5) is 0 Å². The van der Waals surface area contributed by atoms with Gasteiger partial charge in [-0.15, -0.1) is 0 Å². The smallest absolute Gasteiger partial charge is 0.258 e. The Hall–Kier alpha value is -1.92. The van der Waals surface area contributed by atoms with Crippen LogP contribution in [-0.4, -0.2) is 43.2 Å². The Balaban J connectivity index is 1.66. The van der Waals surface area contributed by atoms with Gasteiger partial charge in [0.2, 0.25) is 0 Å². The summed E-state index contributed by atoms with van der Waals surface area (Å²) in [7, 11) is 0. The third-order valence-corrected chi connectivity index (χ3v) is 3.52. The van der Waals surface area contributed by atoms with E-state index < -0.39 is 0 Å². The van der Waals surface area contributed by atoms with Crippen molar-refractivity contribution in [3.05, 3.63) is 30.1 Å². The fourth-order valence-electron chi connectivity index (χ4n) is 2.34. The summed E-state index contributed by atoms with van der Waals surface area (Å²) in [5.41, 5.74) is 0.853. The van der Waals surface area contributed by atoms with Gasteiger partial charge in [0.25, 0.3) is 5.89 Å². The average molecular weight is 304 g/mol. The molecule has 1 saturated heterocycles. The lowest BCUT2D eigenvalue weighted by Crippen LogP contribution is -2.06. The quantitative estimate of drug-likeness (QED) is 0.733. The second kappa shape index (κ2) is 7.38. The molecule has 6 nitrogen and oxygen atoms in total. The van der Waals surface area contributed by atoms with Gasteiger partial charge in [0.05, 0.1) is 13.2 Å². The Morgan fingerprint density at radius 3 is 3.09 bits per heavy atom. The van der Waals surface area contributed by atoms with Gasteiger partial charge in [0, 0.05) is 24.7 Å². The Bertz CT molecular complexity index is 593. The number of hydrogen-bond donors (Lipinski definition) is 0. The van der Waals surface area contributed by atoms with E-state index in [4.69, 9.17) is 18.7 Å². The van der Waals surface area contributed by atoms with Gasteiger partial charge in [0.1, 0.15) is 12.4 Å². The van der Waals surface area contributed by atoms with Crippen LogP contribution in [-0.2, 0) is 9.47 Å². The molecule has 1 aliphatic rings. The van der Waals surface area contributed by atoms with Gasteiger partial charge < -0.3 is 18.7 Å². The number of aromatic nitrogens is 2. The second-order valence-corrected chi connectivity index (χ2v) is 5.09. The van der Waals surface area contributed by atoms with Crippen LogP contribution in [0.2, 0.25) is 0 Å². The lowest BCUT2D eigenvalue weighted by Gasteiger charge is -2.06. The van der Waals surface area contributed by atoms with Crippen LogP contribution in [0.15, 0.2) is 28.8 Å². The summed E-state index contributed by atoms with van der Waals surface area (Å²) in [6.45, 7) is 5.18. The lowest BCUT2D eigenvalue weighted by molar-refractivity contribution is 0.110. The molecule has 1 aliphatic heterocycles. The highest BCUT2D eigenvalue weighted by atomic mass is 16.5. The molecule has 0 spiro atoms. The van der Waals surface area contributed by atoms with Crippen molar-refractivity contribution in [3.63, 3.8) is 0 Å². The topological polar surface area (TPSA) is 66.6 Å². The summed E-state index contributed by atoms with van der Waals surface area (Å²) in [6.07, 6.45) is 0.944. The van der Waals surface area contributed by atoms with Crippen LogP contribution >= 0.6 is 0 Å². The fourth-order valence-corrected chi connectivity index (χ4v) is 2.34. The minimum absolute atomic E-state index is 0.239. The Morgan fingerprint density at radius 1 is 1.32 bits per heavy atom. The van der Waals surface area contributed by atoms with Crippen LogP contribution in [0.5, 0.6) is 5.75 Å². The maximum absolute atomic E-state index is 5.64. The molecule has 1 fully saturated rings. The Labute approximate surface area is 129 Å². The van der Waals surface area contributed by atoms with Crippen molar-refractivity contribution in [1.29, 1.82) is 0 Å². The van der Waals surface area contributed by atoms with E-state index >= 15 is 0 Å². The van der Waals surface area contributed by atoms with Crippen molar-refractivity contribution < 1.29 is 18.7 Å². The lowest BCUT2D eigenvalue weighted by atomic mass is 10.1. The molecule has 2 aromatic rings. The highest BCUT2D eigenvalue weighted by Gasteiger charge is 2.23. The standard InChI is InChI=1S/C16H20N2O4/c1-2-19-8-9-21-14-5-3-4-12(10-14)16-17-15(18-22-16)13-6-7-20-11-13/h3-5,10,13H,2,6-9,11H2,1H3. The van der Waals surface area contributed by atoms with Gasteiger partial charge in [-0.1, -0.05) is 11.2 Å². The molecular formula is C16H20N2O4. The monoisotopic (exact) mass is 304 g/mol. The van der Waals surface area contributed by atoms with Crippen LogP contribution in [0.3, 0.4) is 0 Å². The first-order chi connectivity index (χ1) is 10.9. The molecular weight excluding hydrogens is 284 g/mol. The molecule has 6 heteroatoms. The summed E-state index contributed by atoms with van der Waals surface area (Å²) < 4.78 is 21.6. The maximum atomic E-state index is 5.64. The first-order valence-electron chi connectivity index (χ1n) is 7.59. The van der Waals surface area contributed by atoms with E-state index in [1.165, 1.54) is 0 Å². The average Bonchev–Trinajstić information content (AvgIpc) is 3.22. The number of ether oxygens (including phenoxy) is 3. The maximum Gasteiger partial charge on any atom is 0.258 e. The predicted octanol–water partition coefficient (Wildman–Crippen LogP) is 2.66. The van der Waals surface area contributed by atoms with Gasteiger partial charge in [-0.05, 0) is 31.5 Å². The zero-order valence-electron chi connectivity index (χ0n) is 12.7. The molecule has 3 rings (SSSR count). The number of hydrogen-bond acceptors (Lipinski definition) is 6. The molecule has 0 aliphatic carbocycles. The van der Waals surface area contributed by atoms with E-state index in [1.54, 1.807) is 0 Å². The summed E-state index contributed by atoms with van der Waals surface area (Å²) in [6, 6.07) is 7.64. The molecule has 0 amide bonds. The highest BCUT2D eigenvalue weighted by Crippen LogP contribution is 2.27. The summed E-state index contributed by atoms with van der Waals surface area (Å²) in [4.78, 5) is 4.48. The third kappa shape index (κ3) is 3.64. The number of nitrogens with zero attached hydrogens (tertiary/aromatic N) is 2. The zero-order valence-corrected chi connectivity index (χ0v) is 12.7. The molecule has 22 heavy (non-hydrogen) atoms. The van der Waals surface area contributed by atoms with E-state index in [1.807, 2.05) is 31.2 Å². The predicted molar refractivity (Wildman–Crippen MR) is 79.9 cm³/mol. The van der Waals surface area contributed by atoms with E-state index in [9.17, 15) is 0 Å². The third-order valence-electron chi connectivity index (χ3n) is 3.52. The second-order valence-electron chi connectivity index (χ2n) is 5.09. The summed E-state index contributed by atoms with van der Waals surface area (Å²) >= 11 is 0. The first kappa shape index (κ1) is 15.0. The van der Waals surface area contributed by atoms with E-state index in [-0.39, 0.29) is 5.92 Å². The molecule has 118 valence electrons. The molecule has 0 radical (unpaired) electrons. The molecule has 1 aromatic carbocycles. The van der Waals surface area contributed by atoms with Crippen LogP contribution < -0.4 is 4.74 Å². The SMILES string of the molecule is CCOCCOc1cccc(-c2nc(C3CCOC3)no2)c1. The van der Waals surface area contributed by atoms with Crippen molar-refractivity contribution in [3.8, 4) is 17.2 Å². The van der Waals surface area contributed by atoms with Crippen molar-refractivity contribution >= 4 is 0 Å². The van der Waals surface area contributed by atoms with E-state index in [0.717, 1.165) is 30.2 Å². The van der Waals surface area contributed by atoms with Gasteiger partial charge in [0.15, 0.2) is 5.82 Å². The van der Waals surface area contributed by atoms with Crippen LogP contribution in [0, 0.1) is 0 Å². The van der Waals surface area contributed by atoms with Crippen LogP contribution in [0.25, 0.3) is 11.5 Å². The summed E-state index contributed by atoms with van der Waals surface area (Å²) in [5, 5.41) is 4.06. The molecule has 1 aromatic heterocycles. The van der Waals surface area contributed by atoms with E-state index in [2.05, 4.69) is 10.1 Å². The molecule has 0 saturated carbocycles. The molecule has 1 atom stereocenters. The summed E-state index contributed by atoms with van der Waals surface area (Å²) in [5.74, 6) is 2.23. The van der Waals surface area contributed by atoms with Gasteiger partial charge in [-0.25, -0.2) is 0 Å². The normalized spacial score (nSPS) is 17.8. The van der Waals surface area contributed by atoms with Crippen molar-refractivity contribution in [1.82, 2.24) is 10.1 Å². The Kier molecular flexibility index (Phi) is 5.03. The highest BCUT2D eigenvalue weighted by molar-refractivity contribution is 5.55. The largest absolute Gasteiger partial charge is 0.491 e. The van der Waals surface area contributed by atoms with Gasteiger partial charge in [-0.3, -0.25) is 0 Å². The minimum atomic E-state index is 0.239. The van der Waals surface area contributed by atoms with Gasteiger partial charge >= 0.3 is 0 Å². The van der Waals surface area contributed by atoms with Crippen molar-refractivity contribution in [2.45, 2.75) is 19.3 Å². The van der Waals surface area contributed by atoms with Gasteiger partial charge in [-0.2, -0.15) is 4.98 Å². The molecule has 0 bridgehead atoms. The molecule has 1 unspecified atom stereocenters. The first-order valence-corrected chi connectivity index (χ1v) is 7.59. The number of rotatable bonds is 7. The molecule has 0 N–H and O–H groups in total. The Morgan fingerprint density at radius 2 is 2.27 bits per heavy atom. The molecule has 2 heterocycles. The minimum Gasteiger partial charge on any atom is -0.491 e. The zero-order chi connectivity index (χ0) is 15.2. The van der Waals surface area contributed by atoms with Crippen LogP contribution in [0.1, 0.15) is 25.1 Å².